The van der Waals surface area contributed by atoms with Crippen molar-refractivity contribution in [3.8, 4) is 0 Å². The lowest BCUT2D eigenvalue weighted by Gasteiger charge is -2.02. The van der Waals surface area contributed by atoms with Gasteiger partial charge in [0.15, 0.2) is 11.2 Å². The molecule has 2 heterocycles. The highest BCUT2D eigenvalue weighted by Gasteiger charge is 2.14. The molecule has 16 heavy (non-hydrogen) atoms. The molecule has 2 aromatic rings. The van der Waals surface area contributed by atoms with Crippen molar-refractivity contribution < 1.29 is 0 Å². The molecule has 0 aliphatic rings. The molecule has 2 rings (SSSR count). The fraction of sp³-hybridized carbons (Fsp3) is 0.444. The summed E-state index contributed by atoms with van der Waals surface area (Å²) in [5, 5.41) is 0.545. The van der Waals surface area contributed by atoms with Gasteiger partial charge in [-0.1, -0.05) is 15.9 Å². The van der Waals surface area contributed by atoms with Crippen molar-refractivity contribution in [2.24, 2.45) is 7.05 Å². The van der Waals surface area contributed by atoms with Crippen molar-refractivity contribution in [1.29, 1.82) is 0 Å². The highest BCUT2D eigenvalue weighted by molar-refractivity contribution is 9.08. The van der Waals surface area contributed by atoms with Crippen LogP contribution in [0.3, 0.4) is 0 Å². The lowest BCUT2D eigenvalue weighted by atomic mass is 10.5. The van der Waals surface area contributed by atoms with Crippen LogP contribution in [-0.2, 0) is 18.9 Å². The Bertz CT molecular complexity index is 652. The number of hydrogen-bond acceptors (Lipinski definition) is 3. The van der Waals surface area contributed by atoms with Crippen LogP contribution in [-0.4, -0.2) is 19.1 Å². The summed E-state index contributed by atoms with van der Waals surface area (Å²) >= 11 is 3.31. The van der Waals surface area contributed by atoms with Crippen LogP contribution in [0.2, 0.25) is 0 Å². The van der Waals surface area contributed by atoms with E-state index in [0.717, 1.165) is 5.82 Å². The number of rotatable bonds is 2. The van der Waals surface area contributed by atoms with Gasteiger partial charge in [-0.3, -0.25) is 14.3 Å². The fourth-order valence-corrected chi connectivity index (χ4v) is 2.15. The smallest absolute Gasteiger partial charge is 0.322 e. The zero-order valence-electron chi connectivity index (χ0n) is 8.95. The molecule has 0 atom stereocenters. The van der Waals surface area contributed by atoms with Gasteiger partial charge in [0.1, 0.15) is 5.82 Å². The highest BCUT2D eigenvalue weighted by atomic mass is 79.9. The Morgan fingerprint density at radius 2 is 2.12 bits per heavy atom. The zero-order chi connectivity index (χ0) is 11.9. The van der Waals surface area contributed by atoms with E-state index < -0.39 is 5.69 Å². The van der Waals surface area contributed by atoms with Crippen molar-refractivity contribution in [2.45, 2.75) is 18.8 Å². The van der Waals surface area contributed by atoms with E-state index in [0.29, 0.717) is 23.0 Å². The van der Waals surface area contributed by atoms with Crippen molar-refractivity contribution in [2.75, 3.05) is 0 Å². The first kappa shape index (κ1) is 11.1. The van der Waals surface area contributed by atoms with Gasteiger partial charge in [-0.25, -0.2) is 9.78 Å². The number of aromatic nitrogens is 4. The minimum Gasteiger partial charge on any atom is -0.322 e. The van der Waals surface area contributed by atoms with Crippen LogP contribution >= 0.6 is 15.9 Å². The Kier molecular flexibility index (Phi) is 2.71. The number of nitrogens with zero attached hydrogens (tertiary/aromatic N) is 3. The van der Waals surface area contributed by atoms with Crippen LogP contribution in [0.25, 0.3) is 11.2 Å². The molecule has 0 unspecified atom stereocenters. The molecule has 2 aromatic heterocycles. The van der Waals surface area contributed by atoms with Crippen molar-refractivity contribution in [3.05, 3.63) is 26.7 Å². The minimum atomic E-state index is -0.445. The standard InChI is InChI=1S/C9H11BrN4O2/c1-3-14-5(4-10)11-7-6(14)8(15)12-9(16)13(7)2/h3-4H2,1-2H3,(H,12,15,16). The van der Waals surface area contributed by atoms with E-state index in [4.69, 9.17) is 0 Å². The third kappa shape index (κ3) is 1.42. The molecule has 0 saturated heterocycles. The zero-order valence-corrected chi connectivity index (χ0v) is 10.5. The van der Waals surface area contributed by atoms with E-state index in [1.165, 1.54) is 4.57 Å². The summed E-state index contributed by atoms with van der Waals surface area (Å²) in [5.74, 6) is 0.740. The average molecular weight is 287 g/mol. The number of imidazole rings is 1. The van der Waals surface area contributed by atoms with Crippen LogP contribution in [0.5, 0.6) is 0 Å². The summed E-state index contributed by atoms with van der Waals surface area (Å²) < 4.78 is 3.14. The molecule has 0 bridgehead atoms. The number of H-pyrrole nitrogens is 1. The first-order valence-electron chi connectivity index (χ1n) is 4.84. The first-order valence-corrected chi connectivity index (χ1v) is 5.96. The van der Waals surface area contributed by atoms with E-state index in [2.05, 4.69) is 25.9 Å². The highest BCUT2D eigenvalue weighted by Crippen LogP contribution is 2.12. The molecule has 0 aliphatic heterocycles. The lowest BCUT2D eigenvalue weighted by molar-refractivity contribution is 0.745. The van der Waals surface area contributed by atoms with Gasteiger partial charge in [0, 0.05) is 13.6 Å². The molecule has 0 fully saturated rings. The summed E-state index contributed by atoms with van der Waals surface area (Å²) in [6.45, 7) is 2.57. The van der Waals surface area contributed by atoms with Crippen LogP contribution in [0.1, 0.15) is 12.7 Å². The molecular weight excluding hydrogens is 276 g/mol. The van der Waals surface area contributed by atoms with Crippen molar-refractivity contribution in [3.63, 3.8) is 0 Å². The Balaban J connectivity index is 3.03. The normalized spacial score (nSPS) is 11.2. The van der Waals surface area contributed by atoms with Gasteiger partial charge in [0.25, 0.3) is 5.56 Å². The van der Waals surface area contributed by atoms with E-state index in [1.54, 1.807) is 11.6 Å². The summed E-state index contributed by atoms with van der Waals surface area (Å²) in [5.41, 5.74) is 0.0307. The Morgan fingerprint density at radius 1 is 1.44 bits per heavy atom. The predicted octanol–water partition coefficient (Wildman–Crippen LogP) is 0.338. The van der Waals surface area contributed by atoms with Crippen molar-refractivity contribution in [1.82, 2.24) is 19.1 Å². The molecule has 0 radical (unpaired) electrons. The van der Waals surface area contributed by atoms with Gasteiger partial charge in [0.2, 0.25) is 0 Å². The number of aryl methyl sites for hydroxylation is 2. The molecular formula is C9H11BrN4O2. The molecule has 86 valence electrons. The fourth-order valence-electron chi connectivity index (χ4n) is 1.72. The molecule has 0 spiro atoms. The maximum atomic E-state index is 11.7. The van der Waals surface area contributed by atoms with E-state index >= 15 is 0 Å². The number of nitrogens with one attached hydrogen (secondary N) is 1. The second kappa shape index (κ2) is 3.89. The maximum Gasteiger partial charge on any atom is 0.329 e. The van der Waals surface area contributed by atoms with Gasteiger partial charge < -0.3 is 4.57 Å². The molecule has 6 nitrogen and oxygen atoms in total. The second-order valence-electron chi connectivity index (χ2n) is 3.40. The van der Waals surface area contributed by atoms with Gasteiger partial charge in [0.05, 0.1) is 5.33 Å². The summed E-state index contributed by atoms with van der Waals surface area (Å²) in [7, 11) is 1.59. The van der Waals surface area contributed by atoms with E-state index in [-0.39, 0.29) is 5.56 Å². The molecule has 1 N–H and O–H groups in total. The molecule has 7 heteroatoms. The van der Waals surface area contributed by atoms with Gasteiger partial charge in [-0.2, -0.15) is 0 Å². The Hall–Kier alpha value is -1.37. The summed E-state index contributed by atoms with van der Waals surface area (Å²) in [4.78, 5) is 29.7. The Labute approximate surface area is 99.1 Å². The number of fused-ring (bicyclic) bond motifs is 1. The topological polar surface area (TPSA) is 72.7 Å². The van der Waals surface area contributed by atoms with Crippen LogP contribution < -0.4 is 11.2 Å². The molecule has 0 saturated carbocycles. The predicted molar refractivity (Wildman–Crippen MR) is 63.9 cm³/mol. The summed E-state index contributed by atoms with van der Waals surface area (Å²) in [6, 6.07) is 0. The van der Waals surface area contributed by atoms with Crippen LogP contribution in [0.4, 0.5) is 0 Å². The molecule has 0 amide bonds. The largest absolute Gasteiger partial charge is 0.329 e. The van der Waals surface area contributed by atoms with Gasteiger partial charge in [-0.15, -0.1) is 0 Å². The van der Waals surface area contributed by atoms with Gasteiger partial charge in [-0.05, 0) is 6.92 Å². The minimum absolute atomic E-state index is 0.389. The van der Waals surface area contributed by atoms with E-state index in [1.807, 2.05) is 6.92 Å². The maximum absolute atomic E-state index is 11.7. The van der Waals surface area contributed by atoms with E-state index in [9.17, 15) is 9.59 Å². The number of alkyl halides is 1. The summed E-state index contributed by atoms with van der Waals surface area (Å²) in [6.07, 6.45) is 0. The molecule has 0 aromatic carbocycles. The quantitative estimate of drug-likeness (QED) is 0.809. The monoisotopic (exact) mass is 286 g/mol. The lowest BCUT2D eigenvalue weighted by Crippen LogP contribution is -2.29. The van der Waals surface area contributed by atoms with Crippen LogP contribution in [0.15, 0.2) is 9.59 Å². The average Bonchev–Trinajstić information content (AvgIpc) is 2.64. The number of aromatic amines is 1. The van der Waals surface area contributed by atoms with Gasteiger partial charge >= 0.3 is 5.69 Å². The SMILES string of the molecule is CCn1c(CBr)nc2c1c(=O)[nH]c(=O)n2C. The third-order valence-corrected chi connectivity index (χ3v) is 3.02. The van der Waals surface area contributed by atoms with Crippen LogP contribution in [0, 0.1) is 0 Å². The second-order valence-corrected chi connectivity index (χ2v) is 3.96. The number of hydrogen-bond donors (Lipinski definition) is 1. The van der Waals surface area contributed by atoms with Crippen molar-refractivity contribution >= 4 is 27.1 Å². The first-order chi connectivity index (χ1) is 7.60. The Morgan fingerprint density at radius 3 is 2.69 bits per heavy atom. The molecule has 0 aliphatic carbocycles. The number of halogens is 1. The third-order valence-electron chi connectivity index (χ3n) is 2.52.